The number of carbonyl (C=O) groups is 3. The van der Waals surface area contributed by atoms with Crippen LogP contribution in [0.3, 0.4) is 0 Å². The molecule has 0 aliphatic heterocycles. The highest BCUT2D eigenvalue weighted by Crippen LogP contribution is 2.13. The Morgan fingerprint density at radius 2 is 1.64 bits per heavy atom. The topological polar surface area (TPSA) is 97.0 Å². The quantitative estimate of drug-likeness (QED) is 0.613. The Balaban J connectivity index is 2.57. The summed E-state index contributed by atoms with van der Waals surface area (Å²) >= 11 is 0. The van der Waals surface area contributed by atoms with Crippen LogP contribution in [-0.2, 0) is 23.9 Å². The first-order valence-corrected chi connectivity index (χ1v) is 7.99. The second-order valence-corrected chi connectivity index (χ2v) is 5.32. The van der Waals surface area contributed by atoms with Gasteiger partial charge in [-0.15, -0.1) is 0 Å². The second-order valence-electron chi connectivity index (χ2n) is 5.32. The van der Waals surface area contributed by atoms with Gasteiger partial charge in [-0.05, 0) is 31.2 Å². The molecule has 2 N–H and O–H groups in total. The largest absolute Gasteiger partial charge is 0.465 e. The molecule has 0 bridgehead atoms. The lowest BCUT2D eigenvalue weighted by atomic mass is 10.2. The number of rotatable bonds is 10. The van der Waals surface area contributed by atoms with Crippen LogP contribution in [0.4, 0.5) is 11.4 Å². The average Bonchev–Trinajstić information content (AvgIpc) is 2.54. The highest BCUT2D eigenvalue weighted by molar-refractivity contribution is 5.93. The summed E-state index contributed by atoms with van der Waals surface area (Å²) in [6, 6.07) is 6.76. The maximum absolute atomic E-state index is 12.2. The molecule has 0 saturated carbocycles. The summed E-state index contributed by atoms with van der Waals surface area (Å²) in [6.07, 6.45) is 0. The van der Waals surface area contributed by atoms with Crippen molar-refractivity contribution in [2.24, 2.45) is 0 Å². The molecule has 0 radical (unpaired) electrons. The number of hydrogen-bond acceptors (Lipinski definition) is 6. The van der Waals surface area contributed by atoms with Crippen LogP contribution in [0.5, 0.6) is 0 Å². The summed E-state index contributed by atoms with van der Waals surface area (Å²) in [5, 5.41) is 5.40. The van der Waals surface area contributed by atoms with E-state index in [4.69, 9.17) is 9.47 Å². The third-order valence-electron chi connectivity index (χ3n) is 3.13. The van der Waals surface area contributed by atoms with E-state index >= 15 is 0 Å². The van der Waals surface area contributed by atoms with Crippen LogP contribution in [0, 0.1) is 0 Å². The van der Waals surface area contributed by atoms with Gasteiger partial charge >= 0.3 is 5.97 Å². The van der Waals surface area contributed by atoms with E-state index in [9.17, 15) is 14.4 Å². The Hall–Kier alpha value is -2.45. The highest BCUT2D eigenvalue weighted by atomic mass is 16.5. The van der Waals surface area contributed by atoms with Crippen LogP contribution in [0.1, 0.15) is 13.8 Å². The van der Waals surface area contributed by atoms with Gasteiger partial charge in [0, 0.05) is 32.0 Å². The Labute approximate surface area is 147 Å². The molecule has 0 atom stereocenters. The number of benzene rings is 1. The minimum atomic E-state index is -0.383. The maximum Gasteiger partial charge on any atom is 0.320 e. The van der Waals surface area contributed by atoms with Crippen molar-refractivity contribution in [2.45, 2.75) is 13.8 Å². The number of esters is 1. The Bertz CT molecular complexity index is 574. The summed E-state index contributed by atoms with van der Waals surface area (Å²) < 4.78 is 9.91. The molecule has 0 fully saturated rings. The Morgan fingerprint density at radius 3 is 2.16 bits per heavy atom. The monoisotopic (exact) mass is 351 g/mol. The lowest BCUT2D eigenvalue weighted by Gasteiger charge is -2.20. The van der Waals surface area contributed by atoms with E-state index in [1.807, 2.05) is 0 Å². The first-order chi connectivity index (χ1) is 11.9. The number of hydrogen-bond donors (Lipinski definition) is 2. The SMILES string of the molecule is CCOC(=O)CN(CCOC)CC(=O)Nc1ccc(NC(C)=O)cc1. The molecule has 0 unspecified atom stereocenters. The zero-order chi connectivity index (χ0) is 18.7. The standard InChI is InChI=1S/C17H25N3O5/c1-4-25-17(23)12-20(9-10-24-3)11-16(22)19-15-7-5-14(6-8-15)18-13(2)21/h5-8H,4,9-12H2,1-3H3,(H,18,21)(H,19,22). The fraction of sp³-hybridized carbons (Fsp3) is 0.471. The summed E-state index contributed by atoms with van der Waals surface area (Å²) in [5.74, 6) is -0.803. The summed E-state index contributed by atoms with van der Waals surface area (Å²) in [6.45, 7) is 4.34. The van der Waals surface area contributed by atoms with Gasteiger partial charge in [-0.1, -0.05) is 0 Å². The van der Waals surface area contributed by atoms with Crippen molar-refractivity contribution in [1.82, 2.24) is 4.90 Å². The minimum Gasteiger partial charge on any atom is -0.465 e. The Morgan fingerprint density at radius 1 is 1.04 bits per heavy atom. The first-order valence-electron chi connectivity index (χ1n) is 7.99. The van der Waals surface area contributed by atoms with E-state index < -0.39 is 0 Å². The van der Waals surface area contributed by atoms with E-state index in [0.29, 0.717) is 31.1 Å². The number of anilines is 2. The van der Waals surface area contributed by atoms with E-state index in [1.54, 1.807) is 43.2 Å². The van der Waals surface area contributed by atoms with Gasteiger partial charge in [-0.3, -0.25) is 19.3 Å². The van der Waals surface area contributed by atoms with Gasteiger partial charge in [0.25, 0.3) is 0 Å². The van der Waals surface area contributed by atoms with Crippen molar-refractivity contribution in [3.63, 3.8) is 0 Å². The molecule has 0 aromatic heterocycles. The van der Waals surface area contributed by atoms with Crippen molar-refractivity contribution in [1.29, 1.82) is 0 Å². The third kappa shape index (κ3) is 8.83. The third-order valence-corrected chi connectivity index (χ3v) is 3.13. The fourth-order valence-corrected chi connectivity index (χ4v) is 2.07. The molecular weight excluding hydrogens is 326 g/mol. The molecule has 1 rings (SSSR count). The lowest BCUT2D eigenvalue weighted by molar-refractivity contribution is -0.144. The Kier molecular flexibility index (Phi) is 9.20. The van der Waals surface area contributed by atoms with Crippen molar-refractivity contribution < 1.29 is 23.9 Å². The summed E-state index contributed by atoms with van der Waals surface area (Å²) in [7, 11) is 1.55. The first kappa shape index (κ1) is 20.6. The van der Waals surface area contributed by atoms with E-state index in [-0.39, 0.29) is 30.9 Å². The molecule has 1 aromatic rings. The fourth-order valence-electron chi connectivity index (χ4n) is 2.07. The molecule has 138 valence electrons. The van der Waals surface area contributed by atoms with Gasteiger partial charge in [-0.2, -0.15) is 0 Å². The molecule has 0 aliphatic carbocycles. The predicted molar refractivity (Wildman–Crippen MR) is 94.3 cm³/mol. The minimum absolute atomic E-state index is 0.0199. The zero-order valence-electron chi connectivity index (χ0n) is 14.8. The molecular formula is C17H25N3O5. The summed E-state index contributed by atoms with van der Waals surface area (Å²) in [5.41, 5.74) is 1.25. The molecule has 1 aromatic carbocycles. The van der Waals surface area contributed by atoms with Gasteiger partial charge in [0.1, 0.15) is 0 Å². The second kappa shape index (κ2) is 11.2. The molecule has 8 nitrogen and oxygen atoms in total. The van der Waals surface area contributed by atoms with Gasteiger partial charge in [0.2, 0.25) is 11.8 Å². The number of carbonyl (C=O) groups excluding carboxylic acids is 3. The summed E-state index contributed by atoms with van der Waals surface area (Å²) in [4.78, 5) is 36.4. The molecule has 0 spiro atoms. The number of amides is 2. The number of ether oxygens (including phenoxy) is 2. The van der Waals surface area contributed by atoms with Crippen LogP contribution in [-0.4, -0.2) is 62.6 Å². The molecule has 2 amide bonds. The van der Waals surface area contributed by atoms with Crippen molar-refractivity contribution in [3.05, 3.63) is 24.3 Å². The molecule has 25 heavy (non-hydrogen) atoms. The highest BCUT2D eigenvalue weighted by Gasteiger charge is 2.15. The zero-order valence-corrected chi connectivity index (χ0v) is 14.8. The van der Waals surface area contributed by atoms with Crippen LogP contribution in [0.2, 0.25) is 0 Å². The van der Waals surface area contributed by atoms with E-state index in [1.165, 1.54) is 6.92 Å². The molecule has 8 heteroatoms. The average molecular weight is 351 g/mol. The van der Waals surface area contributed by atoms with Gasteiger partial charge < -0.3 is 20.1 Å². The van der Waals surface area contributed by atoms with Crippen molar-refractivity contribution in [2.75, 3.05) is 50.6 Å². The van der Waals surface area contributed by atoms with Gasteiger partial charge in [-0.25, -0.2) is 0 Å². The molecule has 0 aliphatic rings. The lowest BCUT2D eigenvalue weighted by Crippen LogP contribution is -2.39. The van der Waals surface area contributed by atoms with Crippen molar-refractivity contribution in [3.8, 4) is 0 Å². The maximum atomic E-state index is 12.2. The van der Waals surface area contributed by atoms with Crippen LogP contribution in [0.25, 0.3) is 0 Å². The number of nitrogens with zero attached hydrogens (tertiary/aromatic N) is 1. The van der Waals surface area contributed by atoms with E-state index in [2.05, 4.69) is 10.6 Å². The van der Waals surface area contributed by atoms with Crippen LogP contribution >= 0.6 is 0 Å². The predicted octanol–water partition coefficient (Wildman–Crippen LogP) is 1.09. The number of methoxy groups -OCH3 is 1. The molecule has 0 heterocycles. The molecule has 0 saturated heterocycles. The smallest absolute Gasteiger partial charge is 0.320 e. The normalized spacial score (nSPS) is 10.4. The van der Waals surface area contributed by atoms with Crippen LogP contribution < -0.4 is 10.6 Å². The van der Waals surface area contributed by atoms with Crippen LogP contribution in [0.15, 0.2) is 24.3 Å². The van der Waals surface area contributed by atoms with E-state index in [0.717, 1.165) is 0 Å². The number of nitrogens with one attached hydrogen (secondary N) is 2. The van der Waals surface area contributed by atoms with Crippen molar-refractivity contribution >= 4 is 29.2 Å². The van der Waals surface area contributed by atoms with Gasteiger partial charge in [0.15, 0.2) is 0 Å². The van der Waals surface area contributed by atoms with Gasteiger partial charge in [0.05, 0.1) is 26.3 Å².